The van der Waals surface area contributed by atoms with E-state index in [0.29, 0.717) is 12.0 Å². The third-order valence-corrected chi connectivity index (χ3v) is 5.13. The van der Waals surface area contributed by atoms with Crippen LogP contribution in [0.4, 0.5) is 0 Å². The maximum atomic E-state index is 12.4. The molecule has 3 nitrogen and oxygen atoms in total. The maximum Gasteiger partial charge on any atom is 0.224 e. The van der Waals surface area contributed by atoms with Gasteiger partial charge in [-0.1, -0.05) is 38.5 Å². The van der Waals surface area contributed by atoms with Gasteiger partial charge < -0.3 is 11.1 Å². The highest BCUT2D eigenvalue weighted by Crippen LogP contribution is 2.27. The van der Waals surface area contributed by atoms with Gasteiger partial charge >= 0.3 is 0 Å². The van der Waals surface area contributed by atoms with Crippen molar-refractivity contribution in [3.05, 3.63) is 0 Å². The van der Waals surface area contributed by atoms with Gasteiger partial charge in [-0.05, 0) is 38.5 Å². The molecule has 2 unspecified atom stereocenters. The summed E-state index contributed by atoms with van der Waals surface area (Å²) in [5.41, 5.74) is 6.17. The molecule has 2 fully saturated rings. The highest BCUT2D eigenvalue weighted by atomic mass is 16.2. The Labute approximate surface area is 117 Å². The quantitative estimate of drug-likeness (QED) is 0.772. The van der Waals surface area contributed by atoms with Crippen LogP contribution in [0.15, 0.2) is 0 Å². The van der Waals surface area contributed by atoms with Crippen LogP contribution in [-0.2, 0) is 4.79 Å². The Kier molecular flexibility index (Phi) is 5.68. The first kappa shape index (κ1) is 14.8. The van der Waals surface area contributed by atoms with Crippen LogP contribution >= 0.6 is 0 Å². The first-order valence-corrected chi connectivity index (χ1v) is 8.24. The maximum absolute atomic E-state index is 12.4. The molecule has 2 saturated carbocycles. The van der Waals surface area contributed by atoms with Crippen molar-refractivity contribution in [3.8, 4) is 0 Å². The van der Waals surface area contributed by atoms with Crippen molar-refractivity contribution in [1.29, 1.82) is 0 Å². The molecule has 3 N–H and O–H groups in total. The second-order valence-corrected chi connectivity index (χ2v) is 6.60. The zero-order chi connectivity index (χ0) is 13.7. The van der Waals surface area contributed by atoms with Crippen LogP contribution in [0.25, 0.3) is 0 Å². The van der Waals surface area contributed by atoms with Crippen molar-refractivity contribution in [3.63, 3.8) is 0 Å². The van der Waals surface area contributed by atoms with E-state index in [0.717, 1.165) is 19.3 Å². The van der Waals surface area contributed by atoms with Gasteiger partial charge in [0.15, 0.2) is 0 Å². The molecule has 110 valence electrons. The molecule has 1 amide bonds. The van der Waals surface area contributed by atoms with Crippen molar-refractivity contribution in [2.75, 3.05) is 0 Å². The van der Waals surface area contributed by atoms with Crippen molar-refractivity contribution in [2.24, 2.45) is 17.6 Å². The molecule has 0 aliphatic heterocycles. The summed E-state index contributed by atoms with van der Waals surface area (Å²) in [6, 6.07) is 0.393. The minimum atomic E-state index is 0.0496. The third-order valence-electron chi connectivity index (χ3n) is 5.13. The van der Waals surface area contributed by atoms with E-state index in [4.69, 9.17) is 5.73 Å². The predicted molar refractivity (Wildman–Crippen MR) is 78.7 cm³/mol. The number of carbonyl (C=O) groups is 1. The summed E-state index contributed by atoms with van der Waals surface area (Å²) in [5.74, 6) is 0.945. The minimum absolute atomic E-state index is 0.0496. The van der Waals surface area contributed by atoms with E-state index in [1.165, 1.54) is 44.9 Å². The molecule has 0 aromatic rings. The monoisotopic (exact) mass is 266 g/mol. The Bertz CT molecular complexity index is 286. The minimum Gasteiger partial charge on any atom is -0.353 e. The number of hydrogen-bond donors (Lipinski definition) is 2. The Morgan fingerprint density at radius 2 is 1.58 bits per heavy atom. The summed E-state index contributed by atoms with van der Waals surface area (Å²) >= 11 is 0. The van der Waals surface area contributed by atoms with Crippen LogP contribution in [0.2, 0.25) is 0 Å². The van der Waals surface area contributed by atoms with Crippen LogP contribution in [0, 0.1) is 11.8 Å². The fraction of sp³-hybridized carbons (Fsp3) is 0.938. The largest absolute Gasteiger partial charge is 0.353 e. The lowest BCUT2D eigenvalue weighted by Crippen LogP contribution is -2.46. The average molecular weight is 266 g/mol. The summed E-state index contributed by atoms with van der Waals surface area (Å²) < 4.78 is 0. The lowest BCUT2D eigenvalue weighted by atomic mass is 9.84. The predicted octanol–water partition coefficient (Wildman–Crippen LogP) is 2.98. The number of amides is 1. The molecule has 0 bridgehead atoms. The van der Waals surface area contributed by atoms with Gasteiger partial charge in [-0.25, -0.2) is 0 Å². The molecule has 2 aliphatic rings. The number of nitrogens with one attached hydrogen (secondary N) is 1. The Morgan fingerprint density at radius 3 is 2.26 bits per heavy atom. The number of rotatable bonds is 3. The van der Waals surface area contributed by atoms with Gasteiger partial charge in [-0.3, -0.25) is 4.79 Å². The van der Waals surface area contributed by atoms with Crippen LogP contribution in [0.3, 0.4) is 0 Å². The zero-order valence-electron chi connectivity index (χ0n) is 12.4. The van der Waals surface area contributed by atoms with E-state index < -0.39 is 0 Å². The van der Waals surface area contributed by atoms with Gasteiger partial charge in [0, 0.05) is 12.1 Å². The number of carbonyl (C=O) groups excluding carboxylic acids is 1. The summed E-state index contributed by atoms with van der Waals surface area (Å²) in [6.07, 6.45) is 12.1. The summed E-state index contributed by atoms with van der Waals surface area (Å²) in [6.45, 7) is 2.18. The molecule has 0 heterocycles. The van der Waals surface area contributed by atoms with Crippen LogP contribution in [0.5, 0.6) is 0 Å². The topological polar surface area (TPSA) is 55.1 Å². The molecule has 0 radical (unpaired) electrons. The lowest BCUT2D eigenvalue weighted by Gasteiger charge is -2.30. The zero-order valence-corrected chi connectivity index (χ0v) is 12.4. The molecular weight excluding hydrogens is 236 g/mol. The normalized spacial score (nSPS) is 31.5. The lowest BCUT2D eigenvalue weighted by molar-refractivity contribution is -0.126. The number of nitrogens with two attached hydrogens (primary N) is 1. The molecule has 19 heavy (non-hydrogen) atoms. The molecule has 3 heteroatoms. The second-order valence-electron chi connectivity index (χ2n) is 6.60. The standard InChI is InChI=1S/C16H30N2O/c1-12(13-8-4-2-5-9-13)18-16(19)14-10-6-3-7-11-15(14)17/h12-15H,2-11,17H2,1H3,(H,18,19)/t12-,14?,15?/m1/s1. The van der Waals surface area contributed by atoms with Gasteiger partial charge in [0.05, 0.1) is 5.92 Å². The average Bonchev–Trinajstić information content (AvgIpc) is 2.64. The smallest absolute Gasteiger partial charge is 0.224 e. The SMILES string of the molecule is C[C@@H](NC(=O)C1CCCCCC1N)C1CCCCC1. The molecule has 0 saturated heterocycles. The summed E-state index contributed by atoms with van der Waals surface area (Å²) in [5, 5.41) is 3.26. The highest BCUT2D eigenvalue weighted by molar-refractivity contribution is 5.79. The Hall–Kier alpha value is -0.570. The first-order chi connectivity index (χ1) is 9.18. The second kappa shape index (κ2) is 7.28. The van der Waals surface area contributed by atoms with Crippen molar-refractivity contribution in [2.45, 2.75) is 83.2 Å². The van der Waals surface area contributed by atoms with Gasteiger partial charge in [0.2, 0.25) is 5.91 Å². The fourth-order valence-corrected chi connectivity index (χ4v) is 3.75. The van der Waals surface area contributed by atoms with E-state index in [1.54, 1.807) is 0 Å². The third kappa shape index (κ3) is 4.20. The van der Waals surface area contributed by atoms with E-state index in [9.17, 15) is 4.79 Å². The molecule has 0 aromatic carbocycles. The van der Waals surface area contributed by atoms with Crippen LogP contribution in [0.1, 0.15) is 71.1 Å². The van der Waals surface area contributed by atoms with E-state index >= 15 is 0 Å². The van der Waals surface area contributed by atoms with Crippen LogP contribution < -0.4 is 11.1 Å². The first-order valence-electron chi connectivity index (χ1n) is 8.24. The Morgan fingerprint density at radius 1 is 1.00 bits per heavy atom. The van der Waals surface area contributed by atoms with E-state index in [1.807, 2.05) is 0 Å². The molecule has 0 spiro atoms. The Balaban J connectivity index is 1.84. The van der Waals surface area contributed by atoms with Crippen molar-refractivity contribution >= 4 is 5.91 Å². The molecular formula is C16H30N2O. The van der Waals surface area contributed by atoms with Crippen LogP contribution in [-0.4, -0.2) is 18.0 Å². The van der Waals surface area contributed by atoms with Crippen molar-refractivity contribution < 1.29 is 4.79 Å². The molecule has 2 aliphatic carbocycles. The van der Waals surface area contributed by atoms with Crippen molar-refractivity contribution in [1.82, 2.24) is 5.32 Å². The van der Waals surface area contributed by atoms with Gasteiger partial charge in [0.25, 0.3) is 0 Å². The van der Waals surface area contributed by atoms with Gasteiger partial charge in [-0.15, -0.1) is 0 Å². The molecule has 2 rings (SSSR count). The van der Waals surface area contributed by atoms with Gasteiger partial charge in [0.1, 0.15) is 0 Å². The van der Waals surface area contributed by atoms with Gasteiger partial charge in [-0.2, -0.15) is 0 Å². The van der Waals surface area contributed by atoms with E-state index in [2.05, 4.69) is 12.2 Å². The fourth-order valence-electron chi connectivity index (χ4n) is 3.75. The summed E-state index contributed by atoms with van der Waals surface area (Å²) in [7, 11) is 0. The summed E-state index contributed by atoms with van der Waals surface area (Å²) in [4.78, 5) is 12.4. The number of hydrogen-bond acceptors (Lipinski definition) is 2. The molecule has 0 aromatic heterocycles. The molecule has 3 atom stereocenters. The highest BCUT2D eigenvalue weighted by Gasteiger charge is 2.29. The van der Waals surface area contributed by atoms with E-state index in [-0.39, 0.29) is 17.9 Å².